The molecule has 5 heteroatoms. The molecule has 2 aromatic rings. The predicted octanol–water partition coefficient (Wildman–Crippen LogP) is 2.15. The Kier molecular flexibility index (Phi) is 4.24. The fourth-order valence-electron chi connectivity index (χ4n) is 2.80. The van der Waals surface area contributed by atoms with Crippen molar-refractivity contribution in [2.45, 2.75) is 19.3 Å². The van der Waals surface area contributed by atoms with Crippen LogP contribution < -0.4 is 10.5 Å². The van der Waals surface area contributed by atoms with E-state index in [1.165, 1.54) is 5.56 Å². The topological polar surface area (TPSA) is 64.3 Å². The number of fused-ring (bicyclic) bond motifs is 3. The fourth-order valence-corrected chi connectivity index (χ4v) is 2.80. The number of benzene rings is 1. The minimum absolute atomic E-state index is 0.273. The van der Waals surface area contributed by atoms with Crippen LogP contribution in [0.3, 0.4) is 0 Å². The van der Waals surface area contributed by atoms with E-state index in [2.05, 4.69) is 33.1 Å². The molecule has 0 unspecified atom stereocenters. The number of aromatic nitrogens is 2. The van der Waals surface area contributed by atoms with Gasteiger partial charge in [-0.15, -0.1) is 0 Å². The first kappa shape index (κ1) is 14.8. The second-order valence-corrected chi connectivity index (χ2v) is 5.88. The Morgan fingerprint density at radius 3 is 2.82 bits per heavy atom. The summed E-state index contributed by atoms with van der Waals surface area (Å²) in [6, 6.07) is 8.38. The minimum Gasteiger partial charge on any atom is -0.476 e. The number of rotatable bonds is 4. The molecule has 2 N–H and O–H groups in total. The quantitative estimate of drug-likeness (QED) is 0.937. The molecule has 0 fully saturated rings. The molecule has 1 heterocycles. The zero-order chi connectivity index (χ0) is 15.5. The molecule has 0 atom stereocenters. The molecule has 22 heavy (non-hydrogen) atoms. The van der Waals surface area contributed by atoms with Gasteiger partial charge in [-0.05, 0) is 38.9 Å². The summed E-state index contributed by atoms with van der Waals surface area (Å²) in [7, 11) is 4.04. The largest absolute Gasteiger partial charge is 0.476 e. The van der Waals surface area contributed by atoms with Crippen molar-refractivity contribution < 1.29 is 4.74 Å². The Labute approximate surface area is 131 Å². The first-order valence-electron chi connectivity index (χ1n) is 7.67. The van der Waals surface area contributed by atoms with E-state index in [0.717, 1.165) is 42.6 Å². The van der Waals surface area contributed by atoms with Crippen molar-refractivity contribution in [3.8, 4) is 17.1 Å². The van der Waals surface area contributed by atoms with Gasteiger partial charge in [0.1, 0.15) is 6.61 Å². The third-order valence-electron chi connectivity index (χ3n) is 3.91. The molecule has 0 amide bonds. The minimum atomic E-state index is 0.273. The van der Waals surface area contributed by atoms with Crippen LogP contribution >= 0.6 is 0 Å². The van der Waals surface area contributed by atoms with Crippen LogP contribution in [0.5, 0.6) is 5.88 Å². The standard InChI is InChI=1S/C17H22N4O/c1-21(2)10-11-22-16-14-9-5-7-12-6-3-4-8-13(12)15(14)19-17(18)20-16/h3-4,6,8H,5,7,9-11H2,1-2H3,(H2,18,19,20). The van der Waals surface area contributed by atoms with Crippen molar-refractivity contribution >= 4 is 5.95 Å². The molecule has 3 rings (SSSR count). The van der Waals surface area contributed by atoms with Crippen molar-refractivity contribution in [3.63, 3.8) is 0 Å². The van der Waals surface area contributed by atoms with Gasteiger partial charge in [0.15, 0.2) is 0 Å². The van der Waals surface area contributed by atoms with E-state index in [-0.39, 0.29) is 5.95 Å². The first-order valence-corrected chi connectivity index (χ1v) is 7.67. The van der Waals surface area contributed by atoms with Gasteiger partial charge in [0.25, 0.3) is 0 Å². The lowest BCUT2D eigenvalue weighted by atomic mass is 10.0. The molecule has 1 aliphatic rings. The number of nitrogens with two attached hydrogens (primary N) is 1. The number of nitrogen functional groups attached to an aromatic ring is 1. The van der Waals surface area contributed by atoms with Crippen LogP contribution in [0.2, 0.25) is 0 Å². The Hall–Kier alpha value is -2.14. The van der Waals surface area contributed by atoms with Gasteiger partial charge >= 0.3 is 0 Å². The molecule has 0 bridgehead atoms. The zero-order valence-electron chi connectivity index (χ0n) is 13.2. The average Bonchev–Trinajstić information content (AvgIpc) is 2.66. The SMILES string of the molecule is CN(C)CCOc1nc(N)nc2c1CCCc1ccccc1-2. The maximum atomic E-state index is 5.91. The summed E-state index contributed by atoms with van der Waals surface area (Å²) in [4.78, 5) is 10.9. The summed E-state index contributed by atoms with van der Waals surface area (Å²) in [6.45, 7) is 1.44. The zero-order valence-corrected chi connectivity index (χ0v) is 13.2. The summed E-state index contributed by atoms with van der Waals surface area (Å²) >= 11 is 0. The van der Waals surface area contributed by atoms with Gasteiger partial charge in [0.05, 0.1) is 5.69 Å². The van der Waals surface area contributed by atoms with Gasteiger partial charge in [-0.1, -0.05) is 24.3 Å². The van der Waals surface area contributed by atoms with E-state index in [1.807, 2.05) is 20.2 Å². The average molecular weight is 298 g/mol. The van der Waals surface area contributed by atoms with Crippen LogP contribution in [0.4, 0.5) is 5.95 Å². The summed E-state index contributed by atoms with van der Waals surface area (Å²) in [6.07, 6.45) is 3.03. The number of hydrogen-bond donors (Lipinski definition) is 1. The Bertz CT molecular complexity index is 670. The van der Waals surface area contributed by atoms with Gasteiger partial charge in [0.2, 0.25) is 11.8 Å². The lowest BCUT2D eigenvalue weighted by Gasteiger charge is -2.15. The van der Waals surface area contributed by atoms with Gasteiger partial charge in [-0.25, -0.2) is 4.98 Å². The maximum absolute atomic E-state index is 5.91. The van der Waals surface area contributed by atoms with Crippen molar-refractivity contribution in [3.05, 3.63) is 35.4 Å². The van der Waals surface area contributed by atoms with Gasteiger partial charge in [-0.3, -0.25) is 0 Å². The Morgan fingerprint density at radius 2 is 2.00 bits per heavy atom. The molecule has 0 saturated carbocycles. The second kappa shape index (κ2) is 6.32. The Balaban J connectivity index is 2.00. The molecular weight excluding hydrogens is 276 g/mol. The van der Waals surface area contributed by atoms with Crippen LogP contribution in [-0.4, -0.2) is 42.1 Å². The summed E-state index contributed by atoms with van der Waals surface area (Å²) in [5.74, 6) is 0.913. The molecule has 1 aliphatic carbocycles. The fraction of sp³-hybridized carbons (Fsp3) is 0.412. The molecule has 1 aromatic heterocycles. The highest BCUT2D eigenvalue weighted by Crippen LogP contribution is 2.35. The van der Waals surface area contributed by atoms with E-state index < -0.39 is 0 Å². The van der Waals surface area contributed by atoms with Gasteiger partial charge in [-0.2, -0.15) is 4.98 Å². The number of anilines is 1. The molecule has 1 aromatic carbocycles. The third-order valence-corrected chi connectivity index (χ3v) is 3.91. The number of likely N-dealkylation sites (N-methyl/N-ethyl adjacent to an activating group) is 1. The highest BCUT2D eigenvalue weighted by Gasteiger charge is 2.21. The van der Waals surface area contributed by atoms with Crippen LogP contribution in [0.1, 0.15) is 17.5 Å². The Morgan fingerprint density at radius 1 is 1.18 bits per heavy atom. The maximum Gasteiger partial charge on any atom is 0.223 e. The van der Waals surface area contributed by atoms with Crippen LogP contribution in [-0.2, 0) is 12.8 Å². The van der Waals surface area contributed by atoms with Crippen LogP contribution in [0.15, 0.2) is 24.3 Å². The monoisotopic (exact) mass is 298 g/mol. The molecule has 0 spiro atoms. The van der Waals surface area contributed by atoms with Crippen molar-refractivity contribution in [2.75, 3.05) is 33.0 Å². The highest BCUT2D eigenvalue weighted by atomic mass is 16.5. The van der Waals surface area contributed by atoms with Crippen molar-refractivity contribution in [2.24, 2.45) is 0 Å². The molecule has 0 aliphatic heterocycles. The number of nitrogens with zero attached hydrogens (tertiary/aromatic N) is 3. The van der Waals surface area contributed by atoms with E-state index >= 15 is 0 Å². The number of aryl methyl sites for hydroxylation is 1. The van der Waals surface area contributed by atoms with E-state index in [9.17, 15) is 0 Å². The van der Waals surface area contributed by atoms with Gasteiger partial charge < -0.3 is 15.4 Å². The van der Waals surface area contributed by atoms with Gasteiger partial charge in [0, 0.05) is 17.7 Å². The van der Waals surface area contributed by atoms with Crippen molar-refractivity contribution in [1.82, 2.24) is 14.9 Å². The smallest absolute Gasteiger partial charge is 0.223 e. The van der Waals surface area contributed by atoms with Crippen molar-refractivity contribution in [1.29, 1.82) is 0 Å². The second-order valence-electron chi connectivity index (χ2n) is 5.88. The highest BCUT2D eigenvalue weighted by molar-refractivity contribution is 5.70. The third kappa shape index (κ3) is 3.04. The predicted molar refractivity (Wildman–Crippen MR) is 88.0 cm³/mol. The van der Waals surface area contributed by atoms with E-state index in [4.69, 9.17) is 10.5 Å². The number of ether oxygens (including phenoxy) is 1. The van der Waals surface area contributed by atoms with Crippen LogP contribution in [0.25, 0.3) is 11.3 Å². The molecule has 0 saturated heterocycles. The van der Waals surface area contributed by atoms with E-state index in [0.29, 0.717) is 12.5 Å². The lowest BCUT2D eigenvalue weighted by Crippen LogP contribution is -2.20. The summed E-state index contributed by atoms with van der Waals surface area (Å²) in [5, 5.41) is 0. The summed E-state index contributed by atoms with van der Waals surface area (Å²) in [5.41, 5.74) is 10.4. The molecule has 0 radical (unpaired) electrons. The lowest BCUT2D eigenvalue weighted by molar-refractivity contribution is 0.252. The van der Waals surface area contributed by atoms with Crippen LogP contribution in [0, 0.1) is 0 Å². The number of hydrogen-bond acceptors (Lipinski definition) is 5. The first-order chi connectivity index (χ1) is 10.6. The molecule has 116 valence electrons. The molecular formula is C17H22N4O. The normalized spacial score (nSPS) is 13.4. The summed E-state index contributed by atoms with van der Waals surface area (Å²) < 4.78 is 5.89. The molecule has 5 nitrogen and oxygen atoms in total. The van der Waals surface area contributed by atoms with E-state index in [1.54, 1.807) is 0 Å².